The summed E-state index contributed by atoms with van der Waals surface area (Å²) in [7, 11) is 1.59. The van der Waals surface area contributed by atoms with Gasteiger partial charge >= 0.3 is 0 Å². The molecule has 6 nitrogen and oxygen atoms in total. The van der Waals surface area contributed by atoms with Crippen LogP contribution in [0.25, 0.3) is 0 Å². The molecule has 0 bridgehead atoms. The lowest BCUT2D eigenvalue weighted by atomic mass is 9.94. The fourth-order valence-corrected chi connectivity index (χ4v) is 3.73. The minimum Gasteiger partial charge on any atom is -0.497 e. The number of quaternary nitrogens is 1. The third kappa shape index (κ3) is 4.65. The predicted octanol–water partition coefficient (Wildman–Crippen LogP) is 1.16. The van der Waals surface area contributed by atoms with Gasteiger partial charge in [0.2, 0.25) is 5.91 Å². The zero-order chi connectivity index (χ0) is 19.2. The van der Waals surface area contributed by atoms with Gasteiger partial charge in [0.05, 0.1) is 26.1 Å². The molecule has 4 N–H and O–H groups in total. The third-order valence-corrected chi connectivity index (χ3v) is 5.10. The maximum absolute atomic E-state index is 13.2. The molecule has 2 amide bonds. The number of ether oxygens (including phenoxy) is 1. The molecule has 0 spiro atoms. The summed E-state index contributed by atoms with van der Waals surface area (Å²) in [5.74, 6) is 0.106. The summed E-state index contributed by atoms with van der Waals surface area (Å²) < 4.78 is 5.23. The Morgan fingerprint density at radius 2 is 1.96 bits per heavy atom. The number of hydrogen-bond acceptors (Lipinski definition) is 3. The van der Waals surface area contributed by atoms with Crippen molar-refractivity contribution in [2.45, 2.75) is 18.9 Å². The van der Waals surface area contributed by atoms with Crippen LogP contribution in [0, 0.1) is 5.92 Å². The molecule has 0 saturated carbocycles. The number of hydrogen-bond donors (Lipinski definition) is 3. The van der Waals surface area contributed by atoms with Crippen LogP contribution in [0.5, 0.6) is 5.75 Å². The van der Waals surface area contributed by atoms with Crippen LogP contribution < -0.4 is 20.7 Å². The molecule has 0 aliphatic carbocycles. The van der Waals surface area contributed by atoms with Crippen LogP contribution in [0.4, 0.5) is 5.69 Å². The van der Waals surface area contributed by atoms with Crippen LogP contribution in [0.1, 0.15) is 24.4 Å². The molecule has 2 aromatic rings. The van der Waals surface area contributed by atoms with E-state index in [1.54, 1.807) is 13.2 Å². The Bertz CT molecular complexity index is 794. The molecule has 0 radical (unpaired) electrons. The number of methoxy groups -OCH3 is 1. The van der Waals surface area contributed by atoms with Crippen molar-refractivity contribution in [1.82, 2.24) is 0 Å². The van der Waals surface area contributed by atoms with Crippen LogP contribution >= 0.6 is 0 Å². The van der Waals surface area contributed by atoms with Gasteiger partial charge in [0.25, 0.3) is 5.91 Å². The molecule has 1 fully saturated rings. The van der Waals surface area contributed by atoms with E-state index in [2.05, 4.69) is 5.32 Å². The summed E-state index contributed by atoms with van der Waals surface area (Å²) >= 11 is 0. The minimum atomic E-state index is -0.403. The Balaban J connectivity index is 1.85. The number of amides is 2. The first-order valence-corrected chi connectivity index (χ1v) is 9.22. The normalized spacial score (nSPS) is 20.5. The van der Waals surface area contributed by atoms with E-state index < -0.39 is 6.04 Å². The fraction of sp³-hybridized carbons (Fsp3) is 0.333. The maximum atomic E-state index is 13.2. The molecule has 1 heterocycles. The smallest absolute Gasteiger partial charge is 0.287 e. The number of nitrogens with two attached hydrogens (primary N) is 1. The first-order valence-electron chi connectivity index (χ1n) is 9.22. The Hall–Kier alpha value is -2.86. The van der Waals surface area contributed by atoms with E-state index in [-0.39, 0.29) is 17.7 Å². The van der Waals surface area contributed by atoms with Crippen LogP contribution in [0.15, 0.2) is 54.6 Å². The maximum Gasteiger partial charge on any atom is 0.287 e. The molecule has 1 saturated heterocycles. The Morgan fingerprint density at radius 1 is 1.19 bits per heavy atom. The highest BCUT2D eigenvalue weighted by molar-refractivity contribution is 5.94. The Labute approximate surface area is 159 Å². The monoisotopic (exact) mass is 368 g/mol. The van der Waals surface area contributed by atoms with Crippen LogP contribution in [-0.2, 0) is 9.59 Å². The van der Waals surface area contributed by atoms with Gasteiger partial charge in [-0.05, 0) is 25.0 Å². The summed E-state index contributed by atoms with van der Waals surface area (Å²) in [5.41, 5.74) is 7.15. The highest BCUT2D eigenvalue weighted by Gasteiger charge is 2.37. The summed E-state index contributed by atoms with van der Waals surface area (Å²) in [6.07, 6.45) is 1.66. The molecule has 2 aromatic carbocycles. The van der Waals surface area contributed by atoms with Crippen LogP contribution in [0.3, 0.4) is 0 Å². The average molecular weight is 368 g/mol. The van der Waals surface area contributed by atoms with Gasteiger partial charge in [-0.1, -0.05) is 36.4 Å². The summed E-state index contributed by atoms with van der Waals surface area (Å²) in [6, 6.07) is 16.6. The van der Waals surface area contributed by atoms with Gasteiger partial charge < -0.3 is 20.7 Å². The number of carbonyl (C=O) groups excluding carboxylic acids is 2. The number of benzene rings is 2. The molecule has 3 atom stereocenters. The Morgan fingerprint density at radius 3 is 2.67 bits per heavy atom. The summed E-state index contributed by atoms with van der Waals surface area (Å²) in [4.78, 5) is 26.0. The molecule has 1 aliphatic rings. The van der Waals surface area contributed by atoms with E-state index in [1.807, 2.05) is 48.5 Å². The van der Waals surface area contributed by atoms with E-state index in [1.165, 1.54) is 0 Å². The van der Waals surface area contributed by atoms with E-state index in [4.69, 9.17) is 10.5 Å². The molecule has 1 unspecified atom stereocenters. The van der Waals surface area contributed by atoms with Gasteiger partial charge in [-0.3, -0.25) is 9.59 Å². The van der Waals surface area contributed by atoms with Crippen molar-refractivity contribution in [2.75, 3.05) is 25.5 Å². The van der Waals surface area contributed by atoms with Gasteiger partial charge in [-0.2, -0.15) is 0 Å². The number of carbonyl (C=O) groups is 2. The molecule has 27 heavy (non-hydrogen) atoms. The highest BCUT2D eigenvalue weighted by Crippen LogP contribution is 2.20. The Kier molecular flexibility index (Phi) is 6.08. The van der Waals surface area contributed by atoms with E-state index >= 15 is 0 Å². The number of piperidine rings is 1. The molecule has 3 rings (SSSR count). The van der Waals surface area contributed by atoms with Crippen molar-refractivity contribution in [3.05, 3.63) is 60.2 Å². The van der Waals surface area contributed by atoms with Gasteiger partial charge in [-0.15, -0.1) is 0 Å². The second kappa shape index (κ2) is 8.68. The van der Waals surface area contributed by atoms with Gasteiger partial charge in [0.1, 0.15) is 5.75 Å². The SMILES string of the molecule is COc1cccc(NC(=O)[C@@H](c2ccccc2)[NH+]2CCC[C@H](C(N)=O)C2)c1. The fourth-order valence-electron chi connectivity index (χ4n) is 3.73. The average Bonchev–Trinajstić information content (AvgIpc) is 2.69. The van der Waals surface area contributed by atoms with Crippen molar-refractivity contribution in [3.63, 3.8) is 0 Å². The first kappa shape index (κ1) is 18.9. The zero-order valence-corrected chi connectivity index (χ0v) is 15.5. The van der Waals surface area contributed by atoms with Crippen molar-refractivity contribution < 1.29 is 19.2 Å². The largest absolute Gasteiger partial charge is 0.497 e. The molecular weight excluding hydrogens is 342 g/mol. The lowest BCUT2D eigenvalue weighted by Gasteiger charge is -2.33. The van der Waals surface area contributed by atoms with Crippen LogP contribution in [-0.4, -0.2) is 32.0 Å². The van der Waals surface area contributed by atoms with Gasteiger partial charge in [0.15, 0.2) is 6.04 Å². The lowest BCUT2D eigenvalue weighted by Crippen LogP contribution is -3.15. The van der Waals surface area contributed by atoms with E-state index in [0.29, 0.717) is 18.0 Å². The lowest BCUT2D eigenvalue weighted by molar-refractivity contribution is -0.928. The highest BCUT2D eigenvalue weighted by atomic mass is 16.5. The number of nitrogens with one attached hydrogen (secondary N) is 2. The van der Waals surface area contributed by atoms with Crippen molar-refractivity contribution in [1.29, 1.82) is 0 Å². The number of primary amides is 1. The van der Waals surface area contributed by atoms with Gasteiger partial charge in [-0.25, -0.2) is 0 Å². The van der Waals surface area contributed by atoms with Crippen molar-refractivity contribution in [2.24, 2.45) is 11.7 Å². The quantitative estimate of drug-likeness (QED) is 0.715. The van der Waals surface area contributed by atoms with Crippen molar-refractivity contribution >= 4 is 17.5 Å². The minimum absolute atomic E-state index is 0.102. The number of likely N-dealkylation sites (tertiary alicyclic amines) is 1. The topological polar surface area (TPSA) is 85.9 Å². The molecular formula is C21H26N3O3+. The molecule has 6 heteroatoms. The standard InChI is InChI=1S/C21H25N3O3/c1-27-18-11-5-10-17(13-18)23-21(26)19(15-7-3-2-4-8-15)24-12-6-9-16(14-24)20(22)25/h2-5,7-8,10-11,13,16,19H,6,9,12,14H2,1H3,(H2,22,25)(H,23,26)/p+1/t16-,19+/m0/s1. The number of anilines is 1. The second-order valence-electron chi connectivity index (χ2n) is 6.92. The van der Waals surface area contributed by atoms with Gasteiger partial charge in [0, 0.05) is 17.3 Å². The van der Waals surface area contributed by atoms with Crippen molar-refractivity contribution in [3.8, 4) is 5.75 Å². The zero-order valence-electron chi connectivity index (χ0n) is 15.5. The summed E-state index contributed by atoms with van der Waals surface area (Å²) in [6.45, 7) is 1.40. The molecule has 1 aliphatic heterocycles. The van der Waals surface area contributed by atoms with E-state index in [0.717, 1.165) is 29.8 Å². The number of rotatable bonds is 6. The van der Waals surface area contributed by atoms with E-state index in [9.17, 15) is 9.59 Å². The second-order valence-corrected chi connectivity index (χ2v) is 6.92. The molecule has 0 aromatic heterocycles. The molecule has 142 valence electrons. The summed E-state index contributed by atoms with van der Waals surface area (Å²) in [5, 5.41) is 3.00. The predicted molar refractivity (Wildman–Crippen MR) is 103 cm³/mol. The third-order valence-electron chi connectivity index (χ3n) is 5.10. The first-order chi connectivity index (χ1) is 13.1. The van der Waals surface area contributed by atoms with Crippen LogP contribution in [0.2, 0.25) is 0 Å².